The van der Waals surface area contributed by atoms with Crippen molar-refractivity contribution in [3.63, 3.8) is 0 Å². The Morgan fingerprint density at radius 2 is 1.69 bits per heavy atom. The summed E-state index contributed by atoms with van der Waals surface area (Å²) in [6.45, 7) is 6.02. The normalized spacial score (nSPS) is 12.0. The average Bonchev–Trinajstić information content (AvgIpc) is 3.55. The predicted octanol–water partition coefficient (Wildman–Crippen LogP) is 6.85. The van der Waals surface area contributed by atoms with Gasteiger partial charge in [0.2, 0.25) is 5.78 Å². The molecule has 0 amide bonds. The van der Waals surface area contributed by atoms with E-state index < -0.39 is 0 Å². The van der Waals surface area contributed by atoms with Crippen LogP contribution in [0.5, 0.6) is 0 Å². The number of ether oxygens (including phenoxy) is 1. The van der Waals surface area contributed by atoms with Crippen molar-refractivity contribution in [1.29, 1.82) is 0 Å². The molecule has 0 spiro atoms. The first kappa shape index (κ1) is 24.0. The van der Waals surface area contributed by atoms with Crippen LogP contribution in [0.1, 0.15) is 38.8 Å². The molecule has 0 aliphatic carbocycles. The van der Waals surface area contributed by atoms with Gasteiger partial charge in [-0.05, 0) is 66.8 Å². The molecule has 182 valence electrons. The summed E-state index contributed by atoms with van der Waals surface area (Å²) in [6, 6.07) is 23.9. The Bertz CT molecular complexity index is 1560. The number of hydrogen-bond donors (Lipinski definition) is 1. The minimum atomic E-state index is 0.0235. The quantitative estimate of drug-likeness (QED) is 0.0798. The van der Waals surface area contributed by atoms with Gasteiger partial charge in [0.1, 0.15) is 0 Å². The highest BCUT2D eigenvalue weighted by molar-refractivity contribution is 7.12. The molecule has 0 aliphatic rings. The van der Waals surface area contributed by atoms with Gasteiger partial charge in [0, 0.05) is 52.5 Å². The minimum Gasteiger partial charge on any atom is -0.411 e. The number of aryl methyl sites for hydroxylation is 1. The Morgan fingerprint density at radius 3 is 2.36 bits per heavy atom. The first-order chi connectivity index (χ1) is 17.6. The maximum atomic E-state index is 13.1. The van der Waals surface area contributed by atoms with E-state index in [1.54, 1.807) is 0 Å². The van der Waals surface area contributed by atoms with Crippen LogP contribution < -0.4 is 0 Å². The summed E-state index contributed by atoms with van der Waals surface area (Å²) in [7, 11) is 0. The third-order valence-electron chi connectivity index (χ3n) is 6.61. The van der Waals surface area contributed by atoms with Crippen molar-refractivity contribution in [2.75, 3.05) is 13.2 Å². The lowest BCUT2D eigenvalue weighted by molar-refractivity contribution is 0.104. The highest BCUT2D eigenvalue weighted by Crippen LogP contribution is 2.32. The standard InChI is InChI=1S/C30H28N2O3S/c1-3-35-15-14-32-27-12-10-22(26(31-34)19-21-8-5-4-7-20(21)2)17-24(27)25-18-23(11-13-28(25)32)30(33)29-9-6-16-36-29/h4-13,16-18,34H,3,14-15,19H2,1-2H3. The van der Waals surface area contributed by atoms with E-state index in [9.17, 15) is 10.0 Å². The fourth-order valence-corrected chi connectivity index (χ4v) is 5.39. The van der Waals surface area contributed by atoms with Gasteiger partial charge in [0.05, 0.1) is 17.2 Å². The Kier molecular flexibility index (Phi) is 6.98. The second kappa shape index (κ2) is 10.5. The Morgan fingerprint density at radius 1 is 0.972 bits per heavy atom. The van der Waals surface area contributed by atoms with Crippen LogP contribution in [-0.2, 0) is 17.7 Å². The van der Waals surface area contributed by atoms with Crippen molar-refractivity contribution < 1.29 is 14.7 Å². The lowest BCUT2D eigenvalue weighted by Gasteiger charge is -2.10. The van der Waals surface area contributed by atoms with E-state index in [0.717, 1.165) is 43.4 Å². The molecule has 2 heterocycles. The Hall–Kier alpha value is -3.74. The fourth-order valence-electron chi connectivity index (χ4n) is 4.70. The lowest BCUT2D eigenvalue weighted by atomic mass is 9.97. The molecular weight excluding hydrogens is 468 g/mol. The SMILES string of the molecule is CCOCCn1c2ccc(C(=O)c3cccs3)cc2c2cc(C(Cc3ccccc3C)=NO)ccc21. The molecule has 0 atom stereocenters. The zero-order valence-electron chi connectivity index (χ0n) is 20.4. The second-order valence-corrected chi connectivity index (χ2v) is 9.72. The van der Waals surface area contributed by atoms with Crippen molar-refractivity contribution in [1.82, 2.24) is 4.57 Å². The van der Waals surface area contributed by atoms with Gasteiger partial charge in [-0.3, -0.25) is 4.79 Å². The molecule has 5 nitrogen and oxygen atoms in total. The lowest BCUT2D eigenvalue weighted by Crippen LogP contribution is -2.07. The third-order valence-corrected chi connectivity index (χ3v) is 7.48. The Balaban J connectivity index is 1.62. The van der Waals surface area contributed by atoms with Gasteiger partial charge in [-0.25, -0.2) is 0 Å². The van der Waals surface area contributed by atoms with E-state index in [0.29, 0.717) is 37.5 Å². The number of ketones is 1. The van der Waals surface area contributed by atoms with Crippen LogP contribution in [0.25, 0.3) is 21.8 Å². The first-order valence-corrected chi connectivity index (χ1v) is 13.0. The van der Waals surface area contributed by atoms with Crippen molar-refractivity contribution in [3.05, 3.63) is 105 Å². The molecule has 0 bridgehead atoms. The summed E-state index contributed by atoms with van der Waals surface area (Å²) in [5, 5.41) is 17.5. The minimum absolute atomic E-state index is 0.0235. The number of carbonyl (C=O) groups is 1. The predicted molar refractivity (Wildman–Crippen MR) is 147 cm³/mol. The molecule has 0 unspecified atom stereocenters. The van der Waals surface area contributed by atoms with Gasteiger partial charge in [0.15, 0.2) is 0 Å². The smallest absolute Gasteiger partial charge is 0.202 e. The van der Waals surface area contributed by atoms with Crippen molar-refractivity contribution >= 4 is 44.6 Å². The summed E-state index contributed by atoms with van der Waals surface area (Å²) in [5.41, 5.74) is 6.50. The molecule has 1 N–H and O–H groups in total. The monoisotopic (exact) mass is 496 g/mol. The molecular formula is C30H28N2O3S. The number of nitrogens with zero attached hydrogens (tertiary/aromatic N) is 2. The maximum absolute atomic E-state index is 13.1. The summed E-state index contributed by atoms with van der Waals surface area (Å²) < 4.78 is 7.88. The number of hydrogen-bond acceptors (Lipinski definition) is 5. The number of aromatic nitrogens is 1. The van der Waals surface area contributed by atoms with Gasteiger partial charge < -0.3 is 14.5 Å². The van der Waals surface area contributed by atoms with Gasteiger partial charge >= 0.3 is 0 Å². The van der Waals surface area contributed by atoms with E-state index in [1.807, 2.05) is 60.8 Å². The number of carbonyl (C=O) groups excluding carboxylic acids is 1. The summed E-state index contributed by atoms with van der Waals surface area (Å²) in [6.07, 6.45) is 0.528. The van der Waals surface area contributed by atoms with Crippen molar-refractivity contribution in [2.24, 2.45) is 5.16 Å². The van der Waals surface area contributed by atoms with Gasteiger partial charge in [0.25, 0.3) is 0 Å². The number of benzene rings is 3. The summed E-state index contributed by atoms with van der Waals surface area (Å²) >= 11 is 1.45. The van der Waals surface area contributed by atoms with Crippen LogP contribution in [-0.4, -0.2) is 34.5 Å². The number of oxime groups is 1. The highest BCUT2D eigenvalue weighted by Gasteiger charge is 2.17. The fraction of sp³-hybridized carbons (Fsp3) is 0.200. The molecule has 0 saturated carbocycles. The average molecular weight is 497 g/mol. The van der Waals surface area contributed by atoms with Crippen LogP contribution >= 0.6 is 11.3 Å². The van der Waals surface area contributed by atoms with Crippen LogP contribution in [0.4, 0.5) is 0 Å². The molecule has 5 rings (SSSR count). The molecule has 0 saturated heterocycles. The largest absolute Gasteiger partial charge is 0.411 e. The topological polar surface area (TPSA) is 63.8 Å². The number of fused-ring (bicyclic) bond motifs is 3. The van der Waals surface area contributed by atoms with Crippen LogP contribution in [0.2, 0.25) is 0 Å². The van der Waals surface area contributed by atoms with Crippen LogP contribution in [0.3, 0.4) is 0 Å². The third kappa shape index (κ3) is 4.57. The molecule has 6 heteroatoms. The van der Waals surface area contributed by atoms with E-state index in [1.165, 1.54) is 11.3 Å². The zero-order valence-corrected chi connectivity index (χ0v) is 21.2. The summed E-state index contributed by atoms with van der Waals surface area (Å²) in [5.74, 6) is 0.0235. The van der Waals surface area contributed by atoms with Crippen LogP contribution in [0, 0.1) is 6.92 Å². The maximum Gasteiger partial charge on any atom is 0.202 e. The molecule has 5 aromatic rings. The van der Waals surface area contributed by atoms with E-state index in [2.05, 4.69) is 40.9 Å². The molecule has 36 heavy (non-hydrogen) atoms. The van der Waals surface area contributed by atoms with Crippen molar-refractivity contribution in [3.8, 4) is 0 Å². The van der Waals surface area contributed by atoms with Crippen molar-refractivity contribution in [2.45, 2.75) is 26.8 Å². The summed E-state index contributed by atoms with van der Waals surface area (Å²) in [4.78, 5) is 13.8. The number of rotatable bonds is 9. The second-order valence-electron chi connectivity index (χ2n) is 8.77. The highest BCUT2D eigenvalue weighted by atomic mass is 32.1. The first-order valence-electron chi connectivity index (χ1n) is 12.1. The molecule has 3 aromatic carbocycles. The molecule has 0 radical (unpaired) electrons. The van der Waals surface area contributed by atoms with E-state index in [-0.39, 0.29) is 5.78 Å². The molecule has 2 aromatic heterocycles. The van der Waals surface area contributed by atoms with Crippen LogP contribution in [0.15, 0.2) is 83.3 Å². The molecule has 0 aliphatic heterocycles. The number of thiophene rings is 1. The van der Waals surface area contributed by atoms with Gasteiger partial charge in [-0.15, -0.1) is 11.3 Å². The van der Waals surface area contributed by atoms with Gasteiger partial charge in [-0.2, -0.15) is 0 Å². The Labute approximate surface area is 214 Å². The van der Waals surface area contributed by atoms with Gasteiger partial charge in [-0.1, -0.05) is 41.6 Å². The van der Waals surface area contributed by atoms with E-state index in [4.69, 9.17) is 4.74 Å². The zero-order chi connectivity index (χ0) is 25.1. The van der Waals surface area contributed by atoms with E-state index >= 15 is 0 Å². The molecule has 0 fully saturated rings.